The normalized spacial score (nSPS) is 12.3. The largest absolute Gasteiger partial charge is 0.462 e. The van der Waals surface area contributed by atoms with Crippen LogP contribution in [0.1, 0.15) is 156 Å². The number of unbranched alkanes of at least 4 members (excludes halogenated alkanes) is 15. The van der Waals surface area contributed by atoms with Gasteiger partial charge < -0.3 is 32.6 Å². The van der Waals surface area contributed by atoms with Crippen LogP contribution >= 0.6 is 0 Å². The Morgan fingerprint density at radius 1 is 0.364 bits per heavy atom. The van der Waals surface area contributed by atoms with E-state index in [0.717, 1.165) is 97.1 Å². The summed E-state index contributed by atoms with van der Waals surface area (Å²) in [7, 11) is 12.7. The molecule has 0 fully saturated rings. The number of esters is 3. The zero-order chi connectivity index (χ0) is 41.3. The fraction of sp³-hybridized carbons (Fsp3) is 0.933. The Bertz CT molecular complexity index is 839. The second-order valence-corrected chi connectivity index (χ2v) is 18.3. The Morgan fingerprint density at radius 3 is 0.855 bits per heavy atom. The average molecular weight is 786 g/mol. The standard InChI is InChI=1S/C45H93N4O6/c1-10-13-16-19-22-25-37-53-43(50)40-47(4,5)34-28-31-46(32-29-35-48(6,7)41-44(51)54-38-26-23-20-17-14-11-2)33-30-36-49(8,9)42-45(52)55-39-27-24-21-18-15-12-3/h10-42H2,1-9H3/q+3. The van der Waals surface area contributed by atoms with Gasteiger partial charge in [-0.1, -0.05) is 117 Å². The molecule has 0 rings (SSSR count). The molecule has 0 spiro atoms. The summed E-state index contributed by atoms with van der Waals surface area (Å²) in [5.41, 5.74) is 0. The summed E-state index contributed by atoms with van der Waals surface area (Å²) in [6.07, 6.45) is 24.2. The van der Waals surface area contributed by atoms with Crippen molar-refractivity contribution in [1.82, 2.24) is 4.90 Å². The Morgan fingerprint density at radius 2 is 0.600 bits per heavy atom. The lowest BCUT2D eigenvalue weighted by Crippen LogP contribution is -2.47. The van der Waals surface area contributed by atoms with Crippen molar-refractivity contribution in [2.24, 2.45) is 0 Å². The van der Waals surface area contributed by atoms with Crippen molar-refractivity contribution in [3.05, 3.63) is 0 Å². The van der Waals surface area contributed by atoms with Gasteiger partial charge in [0.2, 0.25) is 0 Å². The van der Waals surface area contributed by atoms with Gasteiger partial charge in [-0.25, -0.2) is 14.4 Å². The molecular weight excluding hydrogens is 693 g/mol. The number of rotatable bonds is 39. The molecule has 0 aliphatic carbocycles. The molecule has 0 saturated carbocycles. The zero-order valence-electron chi connectivity index (χ0n) is 38.1. The summed E-state index contributed by atoms with van der Waals surface area (Å²) in [6, 6.07) is 0. The minimum Gasteiger partial charge on any atom is -0.462 e. The van der Waals surface area contributed by atoms with Gasteiger partial charge in [0.25, 0.3) is 0 Å². The van der Waals surface area contributed by atoms with Crippen molar-refractivity contribution in [3.63, 3.8) is 0 Å². The number of hydrogen-bond acceptors (Lipinski definition) is 7. The van der Waals surface area contributed by atoms with E-state index in [9.17, 15) is 14.4 Å². The minimum absolute atomic E-state index is 0.105. The lowest BCUT2D eigenvalue weighted by Gasteiger charge is -2.32. The predicted octanol–water partition coefficient (Wildman–Crippen LogP) is 8.40. The summed E-state index contributed by atoms with van der Waals surface area (Å²) in [4.78, 5) is 40.5. The van der Waals surface area contributed by atoms with E-state index < -0.39 is 0 Å². The first-order valence-electron chi connectivity index (χ1n) is 22.8. The van der Waals surface area contributed by atoms with Crippen LogP contribution in [0.25, 0.3) is 0 Å². The van der Waals surface area contributed by atoms with Crippen LogP contribution in [0, 0.1) is 0 Å². The molecule has 0 N–H and O–H groups in total. The van der Waals surface area contributed by atoms with Gasteiger partial charge >= 0.3 is 17.9 Å². The highest BCUT2D eigenvalue weighted by molar-refractivity contribution is 5.71. The van der Waals surface area contributed by atoms with Gasteiger partial charge in [0.1, 0.15) is 0 Å². The molecule has 0 unspecified atom stereocenters. The molecule has 0 aliphatic rings. The van der Waals surface area contributed by atoms with E-state index in [4.69, 9.17) is 14.2 Å². The molecule has 0 heterocycles. The van der Waals surface area contributed by atoms with E-state index >= 15 is 0 Å². The fourth-order valence-corrected chi connectivity index (χ4v) is 7.13. The van der Waals surface area contributed by atoms with Gasteiger partial charge in [-0.05, 0) is 19.3 Å². The Kier molecular flexibility index (Phi) is 32.2. The number of likely N-dealkylation sites (N-methyl/N-ethyl adjacent to an activating group) is 3. The van der Waals surface area contributed by atoms with Crippen LogP contribution in [-0.4, -0.2) is 157 Å². The molecule has 10 nitrogen and oxygen atoms in total. The molecule has 55 heavy (non-hydrogen) atoms. The van der Waals surface area contributed by atoms with Crippen LogP contribution in [0.3, 0.4) is 0 Å². The van der Waals surface area contributed by atoms with Crippen molar-refractivity contribution >= 4 is 17.9 Å². The lowest BCUT2D eigenvalue weighted by atomic mass is 10.1. The second-order valence-electron chi connectivity index (χ2n) is 18.3. The molecule has 0 aromatic carbocycles. The maximum atomic E-state index is 12.6. The molecule has 0 bridgehead atoms. The van der Waals surface area contributed by atoms with Crippen LogP contribution in [0.5, 0.6) is 0 Å². The number of carbonyl (C=O) groups is 3. The molecule has 0 atom stereocenters. The molecule has 0 amide bonds. The van der Waals surface area contributed by atoms with Gasteiger partial charge in [-0.3, -0.25) is 0 Å². The van der Waals surface area contributed by atoms with E-state index in [1.54, 1.807) is 0 Å². The maximum Gasteiger partial charge on any atom is 0.361 e. The number of quaternary nitrogens is 3. The monoisotopic (exact) mass is 786 g/mol. The highest BCUT2D eigenvalue weighted by Crippen LogP contribution is 2.11. The molecule has 0 radical (unpaired) electrons. The van der Waals surface area contributed by atoms with E-state index in [1.807, 2.05) is 0 Å². The minimum atomic E-state index is -0.105. The number of carbonyl (C=O) groups excluding carboxylic acids is 3. The van der Waals surface area contributed by atoms with Gasteiger partial charge in [0, 0.05) is 38.9 Å². The molecular formula is C45H93N4O6+3. The molecule has 0 aliphatic heterocycles. The summed E-state index contributed by atoms with van der Waals surface area (Å²) >= 11 is 0. The number of ether oxygens (including phenoxy) is 3. The van der Waals surface area contributed by atoms with Crippen molar-refractivity contribution in [3.8, 4) is 0 Å². The SMILES string of the molecule is CCCCCCCCOC(=O)C[N+](C)(C)CCCN(CCC[N+](C)(C)CC(=O)OCCCCCCCC)CCC[N+](C)(C)CC(=O)OCCCCCCCC. The number of nitrogens with zero attached hydrogens (tertiary/aromatic N) is 4. The van der Waals surface area contributed by atoms with Crippen molar-refractivity contribution < 1.29 is 42.0 Å². The zero-order valence-corrected chi connectivity index (χ0v) is 38.1. The third-order valence-corrected chi connectivity index (χ3v) is 10.7. The molecule has 326 valence electrons. The molecule has 0 saturated heterocycles. The molecule has 0 aromatic rings. The first-order valence-corrected chi connectivity index (χ1v) is 22.8. The highest BCUT2D eigenvalue weighted by Gasteiger charge is 2.25. The summed E-state index contributed by atoms with van der Waals surface area (Å²) in [5.74, 6) is -0.316. The summed E-state index contributed by atoms with van der Waals surface area (Å²) < 4.78 is 18.6. The van der Waals surface area contributed by atoms with Gasteiger partial charge in [-0.15, -0.1) is 0 Å². The van der Waals surface area contributed by atoms with E-state index in [-0.39, 0.29) is 17.9 Å². The van der Waals surface area contributed by atoms with Crippen molar-refractivity contribution in [2.75, 3.05) is 121 Å². The van der Waals surface area contributed by atoms with Gasteiger partial charge in [-0.2, -0.15) is 0 Å². The van der Waals surface area contributed by atoms with Crippen molar-refractivity contribution in [1.29, 1.82) is 0 Å². The third kappa shape index (κ3) is 35.2. The maximum absolute atomic E-state index is 12.6. The van der Waals surface area contributed by atoms with Crippen LogP contribution < -0.4 is 0 Å². The Hall–Kier alpha value is -1.75. The Balaban J connectivity index is 4.95. The summed E-state index contributed by atoms with van der Waals surface area (Å²) in [5, 5.41) is 0. The van der Waals surface area contributed by atoms with Gasteiger partial charge in [0.05, 0.1) is 81.7 Å². The third-order valence-electron chi connectivity index (χ3n) is 10.7. The molecule has 10 heteroatoms. The quantitative estimate of drug-likeness (QED) is 0.0268. The predicted molar refractivity (Wildman–Crippen MR) is 229 cm³/mol. The lowest BCUT2D eigenvalue weighted by molar-refractivity contribution is -0.883. The molecule has 0 aromatic heterocycles. The smallest absolute Gasteiger partial charge is 0.361 e. The van der Waals surface area contributed by atoms with Crippen LogP contribution in [0.4, 0.5) is 0 Å². The van der Waals surface area contributed by atoms with Gasteiger partial charge in [0.15, 0.2) is 19.6 Å². The fourth-order valence-electron chi connectivity index (χ4n) is 7.13. The first-order chi connectivity index (χ1) is 26.1. The van der Waals surface area contributed by atoms with E-state index in [2.05, 4.69) is 68.0 Å². The van der Waals surface area contributed by atoms with Crippen LogP contribution in [0.2, 0.25) is 0 Å². The second kappa shape index (κ2) is 33.2. The topological polar surface area (TPSA) is 82.1 Å². The average Bonchev–Trinajstić information content (AvgIpc) is 3.09. The van der Waals surface area contributed by atoms with E-state index in [0.29, 0.717) is 52.9 Å². The Labute approximate surface area is 340 Å². The summed E-state index contributed by atoms with van der Waals surface area (Å²) in [6.45, 7) is 14.9. The van der Waals surface area contributed by atoms with Crippen LogP contribution in [-0.2, 0) is 28.6 Å². The van der Waals surface area contributed by atoms with Crippen molar-refractivity contribution in [2.45, 2.75) is 156 Å². The van der Waals surface area contributed by atoms with E-state index in [1.165, 1.54) is 77.0 Å². The number of hydrogen-bond donors (Lipinski definition) is 0. The highest BCUT2D eigenvalue weighted by atomic mass is 16.5. The van der Waals surface area contributed by atoms with Crippen LogP contribution in [0.15, 0.2) is 0 Å². The first kappa shape index (κ1) is 53.2.